The Morgan fingerprint density at radius 2 is 1.47 bits per heavy atom. The first kappa shape index (κ1) is 46.0. The fraction of sp³-hybridized carbons (Fsp3) is 0.946. The smallest absolute Gasteiger partial charge is 0.343 e. The van der Waals surface area contributed by atoms with Crippen LogP contribution in [0.2, 0.25) is 0 Å². The van der Waals surface area contributed by atoms with E-state index in [9.17, 15) is 45.3 Å². The van der Waals surface area contributed by atoms with Gasteiger partial charge < -0.3 is 69.1 Å². The third-order valence-electron chi connectivity index (χ3n) is 12.1. The summed E-state index contributed by atoms with van der Waals surface area (Å²) in [5, 5.41) is 82.7. The Labute approximate surface area is 313 Å². The predicted molar refractivity (Wildman–Crippen MR) is 189 cm³/mol. The summed E-state index contributed by atoms with van der Waals surface area (Å²) in [5.74, 6) is -8.91. The van der Waals surface area contributed by atoms with Crippen molar-refractivity contribution < 1.29 is 73.8 Å². The van der Waals surface area contributed by atoms with Crippen LogP contribution in [0.15, 0.2) is 0 Å². The molecule has 3 aliphatic heterocycles. The van der Waals surface area contributed by atoms with E-state index in [-0.39, 0.29) is 19.3 Å². The molecule has 2 unspecified atom stereocenters. The highest BCUT2D eigenvalue weighted by Crippen LogP contribution is 2.45. The minimum atomic E-state index is -3.08. The van der Waals surface area contributed by atoms with Crippen LogP contribution >= 0.6 is 0 Å². The highest BCUT2D eigenvalue weighted by atomic mass is 16.8. The van der Waals surface area contributed by atoms with E-state index >= 15 is 0 Å². The molecule has 3 saturated heterocycles. The molecule has 16 heteroatoms. The van der Waals surface area contributed by atoms with Crippen molar-refractivity contribution in [3.63, 3.8) is 0 Å². The zero-order valence-electron chi connectivity index (χ0n) is 33.7. The van der Waals surface area contributed by atoms with Gasteiger partial charge in [0.05, 0.1) is 35.6 Å². The number of methoxy groups -OCH3 is 1. The third kappa shape index (κ3) is 8.95. The van der Waals surface area contributed by atoms with Crippen LogP contribution in [-0.4, -0.2) is 163 Å². The Balaban J connectivity index is 2.30. The van der Waals surface area contributed by atoms with Crippen LogP contribution in [0.4, 0.5) is 0 Å². The quantitative estimate of drug-likeness (QED) is 0.136. The molecule has 3 aliphatic rings. The van der Waals surface area contributed by atoms with Crippen LogP contribution in [-0.2, 0) is 38.0 Å². The maximum absolute atomic E-state index is 14.2. The van der Waals surface area contributed by atoms with E-state index in [0.29, 0.717) is 6.42 Å². The lowest BCUT2D eigenvalue weighted by molar-refractivity contribution is -0.404. The van der Waals surface area contributed by atoms with Crippen molar-refractivity contribution in [2.75, 3.05) is 21.2 Å². The molecule has 18 atom stereocenters. The van der Waals surface area contributed by atoms with Crippen molar-refractivity contribution in [2.45, 2.75) is 184 Å². The number of likely N-dealkylation sites (N-methyl/N-ethyl adjacent to an activating group) is 1. The lowest BCUT2D eigenvalue weighted by atomic mass is 9.72. The molecular formula is C37H67NO15. The monoisotopic (exact) mass is 765 g/mol. The van der Waals surface area contributed by atoms with Crippen LogP contribution in [0.3, 0.4) is 0 Å². The molecule has 0 aromatic carbocycles. The number of nitrogens with zero attached hydrogens (tertiary/aromatic N) is 1. The number of Topliss-reactive ketones (excluding diaryl/α,β-unsaturated/α-hetero) is 1. The molecular weight excluding hydrogens is 698 g/mol. The van der Waals surface area contributed by atoms with Gasteiger partial charge in [0.15, 0.2) is 12.6 Å². The second-order valence-corrected chi connectivity index (χ2v) is 16.9. The van der Waals surface area contributed by atoms with Gasteiger partial charge in [0.2, 0.25) is 11.4 Å². The van der Waals surface area contributed by atoms with E-state index in [0.717, 1.165) is 6.92 Å². The highest BCUT2D eigenvalue weighted by molar-refractivity contribution is 5.84. The number of carbonyl (C=O) groups is 2. The number of ether oxygens (including phenoxy) is 6. The van der Waals surface area contributed by atoms with E-state index in [1.54, 1.807) is 46.7 Å². The first-order valence-corrected chi connectivity index (χ1v) is 18.7. The molecule has 310 valence electrons. The van der Waals surface area contributed by atoms with E-state index in [1.165, 1.54) is 41.7 Å². The number of rotatable bonds is 7. The van der Waals surface area contributed by atoms with Gasteiger partial charge in [-0.1, -0.05) is 27.7 Å². The number of esters is 1. The Hall–Kier alpha value is -1.38. The Morgan fingerprint density at radius 1 is 0.887 bits per heavy atom. The first-order chi connectivity index (χ1) is 24.1. The molecule has 0 saturated carbocycles. The Morgan fingerprint density at radius 3 is 2.00 bits per heavy atom. The van der Waals surface area contributed by atoms with Crippen LogP contribution in [0.1, 0.15) is 94.9 Å². The summed E-state index contributed by atoms with van der Waals surface area (Å²) in [7, 11) is 4.93. The minimum absolute atomic E-state index is 0.0763. The molecule has 0 aromatic heterocycles. The lowest BCUT2D eigenvalue weighted by Gasteiger charge is -2.53. The molecule has 16 nitrogen and oxygen atoms in total. The second kappa shape index (κ2) is 16.6. The summed E-state index contributed by atoms with van der Waals surface area (Å²) < 4.78 is 35.9. The number of hydrogen-bond donors (Lipinski definition) is 7. The minimum Gasteiger partial charge on any atom is -0.457 e. The van der Waals surface area contributed by atoms with Gasteiger partial charge in [-0.25, -0.2) is 4.79 Å². The van der Waals surface area contributed by atoms with Crippen LogP contribution in [0, 0.1) is 17.8 Å². The lowest BCUT2D eigenvalue weighted by Crippen LogP contribution is -2.70. The van der Waals surface area contributed by atoms with E-state index in [4.69, 9.17) is 28.4 Å². The summed E-state index contributed by atoms with van der Waals surface area (Å²) in [6, 6.07) is -0.451. The maximum Gasteiger partial charge on any atom is 0.343 e. The number of hydrogen-bond acceptors (Lipinski definition) is 16. The highest BCUT2D eigenvalue weighted by Gasteiger charge is 2.65. The standard InChI is InChI=1S/C37H67NO15/c1-14-24-35(9,45)28(41)20(4)26(39)18(2)16-33(7,44)30(52-31-27(40)23(38(11)12)15-19(3)49-31)21(5)37(47,36(10,46)32(43)51-24)53-25-17-34(8,48-13)29(42)22(6)50-25/h18-25,27-31,40-42,44-47H,14-17H2,1-13H3/t18-,19+,20+,21-,22+,23-,24-,25?,27+,28-,29+,30-,31?,33-,34-,35-,36-,37+/m1/s1. The van der Waals surface area contributed by atoms with Gasteiger partial charge >= 0.3 is 5.97 Å². The van der Waals surface area contributed by atoms with Gasteiger partial charge in [-0.15, -0.1) is 0 Å². The first-order valence-electron chi connectivity index (χ1n) is 18.7. The predicted octanol–water partition coefficient (Wildman–Crippen LogP) is 0.221. The van der Waals surface area contributed by atoms with Crippen molar-refractivity contribution in [2.24, 2.45) is 17.8 Å². The van der Waals surface area contributed by atoms with E-state index < -0.39 is 119 Å². The van der Waals surface area contributed by atoms with E-state index in [1.807, 2.05) is 0 Å². The number of ketones is 1. The molecule has 3 rings (SSSR count). The maximum atomic E-state index is 14.2. The number of cyclic esters (lactones) is 1. The molecule has 0 aliphatic carbocycles. The van der Waals surface area contributed by atoms with Gasteiger partial charge in [0, 0.05) is 37.3 Å². The normalized spacial score (nSPS) is 51.2. The zero-order chi connectivity index (χ0) is 40.8. The topological polar surface area (TPSA) is 234 Å². The van der Waals surface area contributed by atoms with Crippen molar-refractivity contribution in [3.8, 4) is 0 Å². The molecule has 3 fully saturated rings. The largest absolute Gasteiger partial charge is 0.457 e. The fourth-order valence-corrected chi connectivity index (χ4v) is 8.40. The van der Waals surface area contributed by atoms with Crippen molar-refractivity contribution >= 4 is 11.8 Å². The van der Waals surface area contributed by atoms with Gasteiger partial charge in [0.25, 0.3) is 0 Å². The molecule has 0 aromatic rings. The number of aliphatic hydroxyl groups is 7. The second-order valence-electron chi connectivity index (χ2n) is 16.9. The fourth-order valence-electron chi connectivity index (χ4n) is 8.40. The SMILES string of the molecule is CC[C@H]1OC(=O)[C@@](C)(O)[C@@](O)(OC2C[C@@](C)(OC)[C@@H](O)[C@H](C)O2)[C@H](C)[C@@H](OC2O[C@@H](C)C[C@@H](N(C)C)[C@@H]2O)[C@](C)(O)C[C@@H](C)C(=O)[C@H](C)[C@@H](O)[C@]1(C)O. The molecule has 0 spiro atoms. The van der Waals surface area contributed by atoms with Crippen LogP contribution < -0.4 is 0 Å². The molecule has 3 heterocycles. The van der Waals surface area contributed by atoms with Crippen molar-refractivity contribution in [1.82, 2.24) is 4.90 Å². The van der Waals surface area contributed by atoms with Gasteiger partial charge in [-0.05, 0) is 74.9 Å². The third-order valence-corrected chi connectivity index (χ3v) is 12.1. The molecule has 0 radical (unpaired) electrons. The number of carbonyl (C=O) groups excluding carboxylic acids is 2. The van der Waals surface area contributed by atoms with Gasteiger partial charge in [-0.2, -0.15) is 0 Å². The molecule has 53 heavy (non-hydrogen) atoms. The molecule has 7 N–H and O–H groups in total. The summed E-state index contributed by atoms with van der Waals surface area (Å²) in [6.07, 6.45) is -11.7. The van der Waals surface area contributed by atoms with Crippen LogP contribution in [0.25, 0.3) is 0 Å². The summed E-state index contributed by atoms with van der Waals surface area (Å²) in [5.41, 5.74) is -8.63. The Kier molecular flexibility index (Phi) is 14.4. The van der Waals surface area contributed by atoms with Crippen LogP contribution in [0.5, 0.6) is 0 Å². The average Bonchev–Trinajstić information content (AvgIpc) is 3.06. The summed E-state index contributed by atoms with van der Waals surface area (Å²) in [6.45, 7) is 14.2. The van der Waals surface area contributed by atoms with Crippen molar-refractivity contribution in [3.05, 3.63) is 0 Å². The van der Waals surface area contributed by atoms with Crippen molar-refractivity contribution in [1.29, 1.82) is 0 Å². The average molecular weight is 766 g/mol. The zero-order valence-corrected chi connectivity index (χ0v) is 33.7. The van der Waals surface area contributed by atoms with Gasteiger partial charge in [0.1, 0.15) is 29.7 Å². The molecule has 0 amide bonds. The van der Waals surface area contributed by atoms with Gasteiger partial charge in [-0.3, -0.25) is 4.79 Å². The number of aliphatic hydroxyl groups excluding tert-OH is 3. The summed E-state index contributed by atoms with van der Waals surface area (Å²) in [4.78, 5) is 29.8. The summed E-state index contributed by atoms with van der Waals surface area (Å²) >= 11 is 0. The molecule has 0 bridgehead atoms. The van der Waals surface area contributed by atoms with E-state index in [2.05, 4.69) is 0 Å². The Bertz CT molecular complexity index is 1260.